The molecule has 1 fully saturated rings. The quantitative estimate of drug-likeness (QED) is 0.496. The Morgan fingerprint density at radius 3 is 2.71 bits per heavy atom. The van der Waals surface area contributed by atoms with Crippen LogP contribution in [0.25, 0.3) is 10.2 Å². The highest BCUT2D eigenvalue weighted by Crippen LogP contribution is 2.43. The van der Waals surface area contributed by atoms with Gasteiger partial charge in [-0.15, -0.1) is 11.3 Å². The van der Waals surface area contributed by atoms with Gasteiger partial charge in [0.2, 0.25) is 0 Å². The second-order valence-corrected chi connectivity index (χ2v) is 10.1. The summed E-state index contributed by atoms with van der Waals surface area (Å²) < 4.78 is 6.99. The van der Waals surface area contributed by atoms with Crippen LogP contribution in [0.2, 0.25) is 0 Å². The molecule has 1 aliphatic carbocycles. The summed E-state index contributed by atoms with van der Waals surface area (Å²) in [6, 6.07) is 10.2. The van der Waals surface area contributed by atoms with E-state index in [4.69, 9.17) is 9.72 Å². The predicted molar refractivity (Wildman–Crippen MR) is 126 cm³/mol. The third-order valence-corrected chi connectivity index (χ3v) is 7.97. The van der Waals surface area contributed by atoms with Crippen LogP contribution in [0.4, 0.5) is 0 Å². The number of carbonyl (C=O) groups is 1. The zero-order chi connectivity index (χ0) is 21.4. The molecule has 0 radical (unpaired) electrons. The van der Waals surface area contributed by atoms with Crippen molar-refractivity contribution in [1.82, 2.24) is 10.3 Å². The number of aromatic nitrogens is 1. The second-order valence-electron chi connectivity index (χ2n) is 9.11. The van der Waals surface area contributed by atoms with Gasteiger partial charge < -0.3 is 10.1 Å². The van der Waals surface area contributed by atoms with Gasteiger partial charge in [0.1, 0.15) is 5.75 Å². The molecule has 1 amide bonds. The zero-order valence-corrected chi connectivity index (χ0v) is 19.1. The monoisotopic (exact) mass is 434 g/mol. The minimum absolute atomic E-state index is 0.0167. The molecule has 3 heterocycles. The highest BCUT2D eigenvalue weighted by Gasteiger charge is 2.29. The van der Waals surface area contributed by atoms with Gasteiger partial charge in [-0.3, -0.25) is 9.78 Å². The summed E-state index contributed by atoms with van der Waals surface area (Å²) >= 11 is 1.64. The molecule has 1 saturated carbocycles. The molecule has 162 valence electrons. The normalized spacial score (nSPS) is 19.3. The first-order valence-corrected chi connectivity index (χ1v) is 12.4. The van der Waals surface area contributed by atoms with E-state index in [9.17, 15) is 4.79 Å². The van der Waals surface area contributed by atoms with Crippen molar-refractivity contribution in [1.29, 1.82) is 0 Å². The average Bonchev–Trinajstić information content (AvgIpc) is 3.20. The number of amides is 1. The fourth-order valence-corrected chi connectivity index (χ4v) is 6.59. The lowest BCUT2D eigenvalue weighted by Gasteiger charge is -2.26. The van der Waals surface area contributed by atoms with Crippen molar-refractivity contribution < 1.29 is 9.53 Å². The molecule has 0 bridgehead atoms. The summed E-state index contributed by atoms with van der Waals surface area (Å²) in [4.78, 5) is 19.1. The lowest BCUT2D eigenvalue weighted by atomic mass is 9.84. The van der Waals surface area contributed by atoms with E-state index in [1.165, 1.54) is 42.4 Å². The first-order chi connectivity index (χ1) is 15.1. The number of pyridine rings is 1. The molecule has 4 nitrogen and oxygen atoms in total. The van der Waals surface area contributed by atoms with E-state index >= 15 is 0 Å². The van der Waals surface area contributed by atoms with Crippen LogP contribution < -0.4 is 10.1 Å². The summed E-state index contributed by atoms with van der Waals surface area (Å²) in [6.07, 6.45) is 9.16. The SMILES string of the molecule is CC(C)c1c(C(=O)N[C@H]2CCOc3ccccc32)sc2c(C3CCCCC3)ccnc12. The number of nitrogens with zero attached hydrogens (tertiary/aromatic N) is 1. The maximum Gasteiger partial charge on any atom is 0.262 e. The van der Waals surface area contributed by atoms with Crippen molar-refractivity contribution in [2.45, 2.75) is 70.3 Å². The minimum atomic E-state index is -0.0200. The van der Waals surface area contributed by atoms with Crippen LogP contribution in [0.1, 0.15) is 96.6 Å². The standard InChI is InChI=1S/C26H30N2O2S/c1-16(2)22-23-24(18(12-14-27-23)17-8-4-3-5-9-17)31-25(22)26(29)28-20-13-15-30-21-11-7-6-10-19(20)21/h6-7,10-12,14,16-17,20H,3-5,8-9,13,15H2,1-2H3,(H,28,29)/t20-/m0/s1. The van der Waals surface area contributed by atoms with Crippen LogP contribution in [0, 0.1) is 0 Å². The summed E-state index contributed by atoms with van der Waals surface area (Å²) in [5, 5.41) is 3.31. The Bertz CT molecular complexity index is 1100. The Hall–Kier alpha value is -2.40. The molecule has 2 aliphatic rings. The van der Waals surface area contributed by atoms with Crippen LogP contribution in [0.5, 0.6) is 5.75 Å². The highest BCUT2D eigenvalue weighted by molar-refractivity contribution is 7.21. The van der Waals surface area contributed by atoms with Gasteiger partial charge in [0.15, 0.2) is 0 Å². The van der Waals surface area contributed by atoms with Gasteiger partial charge in [-0.2, -0.15) is 0 Å². The lowest BCUT2D eigenvalue weighted by molar-refractivity contribution is 0.0928. The van der Waals surface area contributed by atoms with Gasteiger partial charge >= 0.3 is 0 Å². The van der Waals surface area contributed by atoms with Crippen LogP contribution in [0.3, 0.4) is 0 Å². The Kier molecular flexibility index (Phi) is 5.70. The topological polar surface area (TPSA) is 51.2 Å². The summed E-state index contributed by atoms with van der Waals surface area (Å²) in [5.74, 6) is 1.73. The van der Waals surface area contributed by atoms with Gasteiger partial charge in [-0.1, -0.05) is 51.3 Å². The number of fused-ring (bicyclic) bond motifs is 2. The maximum absolute atomic E-state index is 13.5. The van der Waals surface area contributed by atoms with Gasteiger partial charge in [0, 0.05) is 23.7 Å². The van der Waals surface area contributed by atoms with Gasteiger partial charge in [-0.05, 0) is 42.4 Å². The fraction of sp³-hybridized carbons (Fsp3) is 0.462. The number of rotatable bonds is 4. The first kappa shape index (κ1) is 20.5. The molecular formula is C26H30N2O2S. The van der Waals surface area contributed by atoms with Crippen LogP contribution in [-0.2, 0) is 0 Å². The first-order valence-electron chi connectivity index (χ1n) is 11.6. The van der Waals surface area contributed by atoms with Crippen molar-refractivity contribution in [3.8, 4) is 5.75 Å². The molecule has 1 aliphatic heterocycles. The molecule has 1 N–H and O–H groups in total. The van der Waals surface area contributed by atoms with E-state index in [1.807, 2.05) is 24.4 Å². The molecule has 1 aromatic carbocycles. The molecule has 3 aromatic rings. The van der Waals surface area contributed by atoms with Crippen molar-refractivity contribution in [3.63, 3.8) is 0 Å². The van der Waals surface area contributed by atoms with E-state index in [0.29, 0.717) is 12.5 Å². The van der Waals surface area contributed by atoms with Gasteiger partial charge in [0.25, 0.3) is 5.91 Å². The number of hydrogen-bond donors (Lipinski definition) is 1. The van der Waals surface area contributed by atoms with Crippen molar-refractivity contribution in [2.75, 3.05) is 6.61 Å². The smallest absolute Gasteiger partial charge is 0.262 e. The molecule has 31 heavy (non-hydrogen) atoms. The maximum atomic E-state index is 13.5. The summed E-state index contributed by atoms with van der Waals surface area (Å²) in [7, 11) is 0. The van der Waals surface area contributed by atoms with Gasteiger partial charge in [0.05, 0.1) is 27.7 Å². The fourth-order valence-electron chi connectivity index (χ4n) is 5.18. The Morgan fingerprint density at radius 1 is 1.10 bits per heavy atom. The number of nitrogens with one attached hydrogen (secondary N) is 1. The molecular weight excluding hydrogens is 404 g/mol. The largest absolute Gasteiger partial charge is 0.493 e. The molecule has 2 aromatic heterocycles. The Balaban J connectivity index is 1.52. The molecule has 5 heteroatoms. The van der Waals surface area contributed by atoms with E-state index < -0.39 is 0 Å². The molecule has 0 spiro atoms. The highest BCUT2D eigenvalue weighted by atomic mass is 32.1. The van der Waals surface area contributed by atoms with E-state index in [1.54, 1.807) is 11.3 Å². The van der Waals surface area contributed by atoms with Crippen molar-refractivity contribution in [2.24, 2.45) is 0 Å². The number of hydrogen-bond acceptors (Lipinski definition) is 4. The molecule has 1 atom stereocenters. The Labute approximate surface area is 188 Å². The summed E-state index contributed by atoms with van der Waals surface area (Å²) in [6.45, 7) is 4.95. The lowest BCUT2D eigenvalue weighted by Crippen LogP contribution is -2.32. The minimum Gasteiger partial charge on any atom is -0.493 e. The number of para-hydroxylation sites is 1. The van der Waals surface area contributed by atoms with Crippen molar-refractivity contribution in [3.05, 3.63) is 58.1 Å². The summed E-state index contributed by atoms with van der Waals surface area (Å²) in [5.41, 5.74) is 4.58. The van der Waals surface area contributed by atoms with E-state index in [0.717, 1.165) is 33.7 Å². The number of thiophene rings is 1. The van der Waals surface area contributed by atoms with E-state index in [2.05, 4.69) is 31.3 Å². The zero-order valence-electron chi connectivity index (χ0n) is 18.3. The average molecular weight is 435 g/mol. The Morgan fingerprint density at radius 2 is 1.90 bits per heavy atom. The molecule has 0 unspecified atom stereocenters. The van der Waals surface area contributed by atoms with Gasteiger partial charge in [-0.25, -0.2) is 0 Å². The van der Waals surface area contributed by atoms with Crippen LogP contribution in [-0.4, -0.2) is 17.5 Å². The number of carbonyl (C=O) groups excluding carboxylic acids is 1. The predicted octanol–water partition coefficient (Wildman–Crippen LogP) is 6.72. The number of benzene rings is 1. The second kappa shape index (κ2) is 8.62. The molecule has 0 saturated heterocycles. The third kappa shape index (κ3) is 3.84. The van der Waals surface area contributed by atoms with Crippen LogP contribution in [0.15, 0.2) is 36.5 Å². The molecule has 5 rings (SSSR count). The van der Waals surface area contributed by atoms with E-state index in [-0.39, 0.29) is 17.9 Å². The third-order valence-electron chi connectivity index (χ3n) is 6.73. The van der Waals surface area contributed by atoms with Crippen molar-refractivity contribution >= 4 is 27.5 Å². The number of ether oxygens (including phenoxy) is 1. The van der Waals surface area contributed by atoms with Crippen LogP contribution >= 0.6 is 11.3 Å².